The third-order valence-electron chi connectivity index (χ3n) is 6.00. The zero-order valence-electron chi connectivity index (χ0n) is 17.1. The van der Waals surface area contributed by atoms with Crippen molar-refractivity contribution in [1.29, 1.82) is 0 Å². The van der Waals surface area contributed by atoms with Gasteiger partial charge in [-0.25, -0.2) is 9.97 Å². The number of rotatable bonds is 4. The molecule has 0 radical (unpaired) electrons. The minimum Gasteiger partial charge on any atom is -0.337 e. The van der Waals surface area contributed by atoms with Crippen molar-refractivity contribution in [2.45, 2.75) is 25.9 Å². The molecule has 0 spiro atoms. The number of aryl methyl sites for hydroxylation is 1. The van der Waals surface area contributed by atoms with Gasteiger partial charge in [0.1, 0.15) is 5.69 Å². The predicted octanol–water partition coefficient (Wildman–Crippen LogP) is 4.56. The molecule has 1 fully saturated rings. The number of aromatic nitrogens is 3. The number of fused-ring (bicyclic) bond motifs is 1. The lowest BCUT2D eigenvalue weighted by molar-refractivity contribution is -0.138. The van der Waals surface area contributed by atoms with Crippen LogP contribution in [-0.2, 0) is 12.6 Å². The number of hydrogen-bond donors (Lipinski definition) is 0. The highest BCUT2D eigenvalue weighted by Gasteiger charge is 2.33. The van der Waals surface area contributed by atoms with Crippen LogP contribution < -0.4 is 0 Å². The summed E-state index contributed by atoms with van der Waals surface area (Å²) in [7, 11) is 0. The number of piperidine rings is 1. The molecule has 0 N–H and O–H groups in total. The van der Waals surface area contributed by atoms with E-state index in [1.807, 2.05) is 18.2 Å². The van der Waals surface area contributed by atoms with Gasteiger partial charge < -0.3 is 4.90 Å². The van der Waals surface area contributed by atoms with Crippen LogP contribution in [0.5, 0.6) is 0 Å². The number of halogens is 3. The summed E-state index contributed by atoms with van der Waals surface area (Å²) in [5, 5.41) is 0. The summed E-state index contributed by atoms with van der Waals surface area (Å²) in [4.78, 5) is 22.6. The average Bonchev–Trinajstić information content (AvgIpc) is 3.18. The third-order valence-corrected chi connectivity index (χ3v) is 6.00. The number of carbonyl (C=O) groups is 1. The second-order valence-corrected chi connectivity index (χ2v) is 8.00. The number of carbonyl (C=O) groups excluding carboxylic acids is 1. The van der Waals surface area contributed by atoms with Crippen molar-refractivity contribution >= 4 is 11.7 Å². The molecule has 1 saturated heterocycles. The molecule has 1 aromatic carbocycles. The fourth-order valence-electron chi connectivity index (χ4n) is 4.15. The Kier molecular flexibility index (Phi) is 5.56. The van der Waals surface area contributed by atoms with E-state index in [4.69, 9.17) is 0 Å². The minimum atomic E-state index is -4.51. The van der Waals surface area contributed by atoms with Crippen LogP contribution in [-0.4, -0.2) is 38.3 Å². The first-order valence-corrected chi connectivity index (χ1v) is 10.1. The molecule has 8 heteroatoms. The Bertz CT molecular complexity index is 1120. The third kappa shape index (κ3) is 4.33. The Hall–Kier alpha value is -3.16. The second-order valence-electron chi connectivity index (χ2n) is 8.00. The Morgan fingerprint density at radius 3 is 2.77 bits per heavy atom. The van der Waals surface area contributed by atoms with E-state index < -0.39 is 11.7 Å². The first-order valence-electron chi connectivity index (χ1n) is 10.1. The van der Waals surface area contributed by atoms with E-state index in [1.54, 1.807) is 4.90 Å². The molecule has 0 aliphatic carbocycles. The van der Waals surface area contributed by atoms with Gasteiger partial charge in [0.25, 0.3) is 5.91 Å². The number of hydrogen-bond acceptors (Lipinski definition) is 3. The molecule has 1 unspecified atom stereocenters. The Balaban J connectivity index is 1.49. The molecule has 162 valence electrons. The molecule has 31 heavy (non-hydrogen) atoms. The molecule has 3 heterocycles. The van der Waals surface area contributed by atoms with Gasteiger partial charge in [-0.05, 0) is 42.7 Å². The Morgan fingerprint density at radius 1 is 1.29 bits per heavy atom. The quantitative estimate of drug-likeness (QED) is 0.573. The van der Waals surface area contributed by atoms with Crippen LogP contribution in [0.1, 0.15) is 33.6 Å². The molecule has 0 saturated carbocycles. The van der Waals surface area contributed by atoms with E-state index in [9.17, 15) is 18.0 Å². The van der Waals surface area contributed by atoms with E-state index in [1.165, 1.54) is 17.3 Å². The molecule has 2 aromatic heterocycles. The lowest BCUT2D eigenvalue weighted by Crippen LogP contribution is -2.43. The van der Waals surface area contributed by atoms with Gasteiger partial charge in [-0.15, -0.1) is 6.58 Å². The monoisotopic (exact) mass is 428 g/mol. The van der Waals surface area contributed by atoms with Gasteiger partial charge in [-0.1, -0.05) is 30.3 Å². The molecule has 5 nitrogen and oxygen atoms in total. The van der Waals surface area contributed by atoms with Gasteiger partial charge in [0, 0.05) is 31.7 Å². The Morgan fingerprint density at radius 2 is 2.06 bits per heavy atom. The van der Waals surface area contributed by atoms with Crippen molar-refractivity contribution < 1.29 is 18.0 Å². The lowest BCUT2D eigenvalue weighted by atomic mass is 9.80. The van der Waals surface area contributed by atoms with E-state index in [2.05, 4.69) is 35.6 Å². The first-order chi connectivity index (χ1) is 14.8. The molecule has 1 amide bonds. The van der Waals surface area contributed by atoms with Gasteiger partial charge in [-0.2, -0.15) is 13.2 Å². The van der Waals surface area contributed by atoms with Crippen molar-refractivity contribution in [3.8, 4) is 0 Å². The number of benzene rings is 1. The highest BCUT2D eigenvalue weighted by molar-refractivity contribution is 5.92. The highest BCUT2D eigenvalue weighted by Crippen LogP contribution is 2.30. The van der Waals surface area contributed by atoms with Crippen LogP contribution in [0.2, 0.25) is 0 Å². The van der Waals surface area contributed by atoms with Crippen LogP contribution in [0.15, 0.2) is 55.5 Å². The van der Waals surface area contributed by atoms with Gasteiger partial charge >= 0.3 is 6.18 Å². The number of imidazole rings is 1. The molecular formula is C23H23F3N4O. The van der Waals surface area contributed by atoms with Crippen molar-refractivity contribution in [1.82, 2.24) is 19.3 Å². The van der Waals surface area contributed by atoms with Gasteiger partial charge in [-0.3, -0.25) is 9.20 Å². The number of likely N-dealkylation sites (tertiary alicyclic amines) is 1. The van der Waals surface area contributed by atoms with Crippen molar-refractivity contribution in [2.75, 3.05) is 13.1 Å². The topological polar surface area (TPSA) is 50.5 Å². The van der Waals surface area contributed by atoms with Crippen molar-refractivity contribution in [3.05, 3.63) is 77.9 Å². The molecule has 2 atom stereocenters. The summed E-state index contributed by atoms with van der Waals surface area (Å²) >= 11 is 0. The normalized spacial score (nSPS) is 19.5. The van der Waals surface area contributed by atoms with Crippen molar-refractivity contribution in [2.24, 2.45) is 11.8 Å². The number of amides is 1. The zero-order chi connectivity index (χ0) is 22.2. The maximum Gasteiger partial charge on any atom is 0.419 e. The molecule has 4 rings (SSSR count). The number of alkyl halides is 3. The summed E-state index contributed by atoms with van der Waals surface area (Å²) in [6.07, 6.45) is 2.05. The van der Waals surface area contributed by atoms with E-state index >= 15 is 0 Å². The molecule has 0 bridgehead atoms. The van der Waals surface area contributed by atoms with Crippen LogP contribution in [0.3, 0.4) is 0 Å². The average molecular weight is 428 g/mol. The molecular weight excluding hydrogens is 405 g/mol. The number of nitrogens with zero attached hydrogens (tertiary/aromatic N) is 4. The fourth-order valence-corrected chi connectivity index (χ4v) is 4.15. The smallest absolute Gasteiger partial charge is 0.337 e. The largest absolute Gasteiger partial charge is 0.419 e. The maximum atomic E-state index is 13.0. The van der Waals surface area contributed by atoms with Crippen LogP contribution in [0.25, 0.3) is 5.78 Å². The van der Waals surface area contributed by atoms with E-state index in [-0.39, 0.29) is 23.3 Å². The minimum absolute atomic E-state index is 0.0612. The standard InChI is InChI=1S/C23H23F3N4O/c1-3-16-12-29(9-8-18(16)10-17-7-5-4-6-15(17)2)21(31)20-14-30-13-19(23(24,25)26)11-27-22(30)28-20/h3-7,11,13-14,16,18H,1,8-10,12H2,2H3/t16-,18?/m1/s1. The lowest BCUT2D eigenvalue weighted by Gasteiger charge is -2.37. The second kappa shape index (κ2) is 8.17. The van der Waals surface area contributed by atoms with Gasteiger partial charge in [0.05, 0.1) is 5.56 Å². The highest BCUT2D eigenvalue weighted by atomic mass is 19.4. The SMILES string of the molecule is C=C[C@@H]1CN(C(=O)c2cn3cc(C(F)(F)F)cnc3n2)CCC1Cc1ccccc1C. The maximum absolute atomic E-state index is 13.0. The predicted molar refractivity (Wildman–Crippen MR) is 111 cm³/mol. The van der Waals surface area contributed by atoms with Gasteiger partial charge in [0.15, 0.2) is 0 Å². The van der Waals surface area contributed by atoms with Crippen molar-refractivity contribution in [3.63, 3.8) is 0 Å². The summed E-state index contributed by atoms with van der Waals surface area (Å²) < 4.78 is 39.9. The van der Waals surface area contributed by atoms with Crippen LogP contribution >= 0.6 is 0 Å². The summed E-state index contributed by atoms with van der Waals surface area (Å²) in [6.45, 7) is 7.13. The van der Waals surface area contributed by atoms with Gasteiger partial charge in [0.2, 0.25) is 5.78 Å². The van der Waals surface area contributed by atoms with E-state index in [0.717, 1.165) is 29.6 Å². The molecule has 1 aliphatic heterocycles. The van der Waals surface area contributed by atoms with Crippen LogP contribution in [0, 0.1) is 18.8 Å². The first kappa shape index (κ1) is 21.1. The van der Waals surface area contributed by atoms with E-state index in [0.29, 0.717) is 19.0 Å². The van der Waals surface area contributed by atoms with Crippen LogP contribution in [0.4, 0.5) is 13.2 Å². The summed E-state index contributed by atoms with van der Waals surface area (Å²) in [6, 6.07) is 8.28. The molecule has 3 aromatic rings. The summed E-state index contributed by atoms with van der Waals surface area (Å²) in [5.41, 5.74) is 1.75. The Labute approximate surface area is 178 Å². The zero-order valence-corrected chi connectivity index (χ0v) is 17.1. The molecule has 1 aliphatic rings. The fraction of sp³-hybridized carbons (Fsp3) is 0.348. The summed E-state index contributed by atoms with van der Waals surface area (Å²) in [5.74, 6) is 0.260.